The van der Waals surface area contributed by atoms with Gasteiger partial charge in [0.25, 0.3) is 0 Å². The third kappa shape index (κ3) is 4.63. The summed E-state index contributed by atoms with van der Waals surface area (Å²) in [6.45, 7) is 22.3. The number of hydrogen-bond donors (Lipinski definition) is 1. The summed E-state index contributed by atoms with van der Waals surface area (Å²) in [5, 5.41) is 0. The van der Waals surface area contributed by atoms with E-state index in [9.17, 15) is 0 Å². The van der Waals surface area contributed by atoms with Crippen molar-refractivity contribution in [1.82, 2.24) is 4.90 Å². The molecule has 0 aromatic heterocycles. The molecule has 1 atom stereocenters. The van der Waals surface area contributed by atoms with Crippen LogP contribution >= 0.6 is 0 Å². The van der Waals surface area contributed by atoms with Crippen LogP contribution in [-0.2, 0) is 0 Å². The van der Waals surface area contributed by atoms with Crippen LogP contribution in [-0.4, -0.2) is 11.4 Å². The maximum absolute atomic E-state index is 6.01. The van der Waals surface area contributed by atoms with Gasteiger partial charge in [-0.3, -0.25) is 0 Å². The third-order valence-corrected chi connectivity index (χ3v) is 4.16. The lowest BCUT2D eigenvalue weighted by atomic mass is 9.79. The van der Waals surface area contributed by atoms with E-state index >= 15 is 0 Å². The van der Waals surface area contributed by atoms with Gasteiger partial charge in [-0.25, -0.2) is 0 Å². The molecule has 2 N–H and O–H groups in total. The number of anilines is 1. The lowest BCUT2D eigenvalue weighted by molar-refractivity contribution is 0.207. The minimum Gasteiger partial charge on any atom is -0.399 e. The van der Waals surface area contributed by atoms with Crippen molar-refractivity contribution in [3.8, 4) is 0 Å². The summed E-state index contributed by atoms with van der Waals surface area (Å²) >= 11 is 0. The summed E-state index contributed by atoms with van der Waals surface area (Å²) in [6.07, 6.45) is 2.26. The molecule has 1 unspecified atom stereocenters. The number of nitrogens with zero attached hydrogens (tertiary/aromatic N) is 1. The number of allylic oxidation sites excluding steroid dienone is 1. The Kier molecular flexibility index (Phi) is 6.49. The number of nitrogen functional groups attached to an aromatic ring is 1. The second-order valence-electron chi connectivity index (χ2n) is 7.54. The van der Waals surface area contributed by atoms with Crippen LogP contribution in [0, 0.1) is 12.3 Å². The molecule has 0 aliphatic carbocycles. The fourth-order valence-electron chi connectivity index (χ4n) is 3.36. The van der Waals surface area contributed by atoms with E-state index < -0.39 is 0 Å². The van der Waals surface area contributed by atoms with Gasteiger partial charge in [0, 0.05) is 17.9 Å². The average Bonchev–Trinajstić information content (AvgIpc) is 2.62. The highest BCUT2D eigenvalue weighted by molar-refractivity contribution is 5.47. The average molecular weight is 315 g/mol. The molecule has 1 heterocycles. The highest BCUT2D eigenvalue weighted by Crippen LogP contribution is 2.51. The molecule has 23 heavy (non-hydrogen) atoms. The van der Waals surface area contributed by atoms with Crippen molar-refractivity contribution in [1.29, 1.82) is 0 Å². The van der Waals surface area contributed by atoms with E-state index in [4.69, 9.17) is 5.73 Å². The normalized spacial score (nSPS) is 19.3. The first-order valence-corrected chi connectivity index (χ1v) is 8.58. The van der Waals surface area contributed by atoms with E-state index in [1.165, 1.54) is 23.2 Å². The van der Waals surface area contributed by atoms with Gasteiger partial charge >= 0.3 is 0 Å². The van der Waals surface area contributed by atoms with Gasteiger partial charge in [0.2, 0.25) is 0 Å². The Labute approximate surface area is 143 Å². The largest absolute Gasteiger partial charge is 0.399 e. The van der Waals surface area contributed by atoms with E-state index in [0.29, 0.717) is 6.04 Å². The third-order valence-electron chi connectivity index (χ3n) is 4.16. The first-order chi connectivity index (χ1) is 10.6. The van der Waals surface area contributed by atoms with E-state index in [2.05, 4.69) is 71.7 Å². The molecular weight excluding hydrogens is 280 g/mol. The Morgan fingerprint density at radius 1 is 1.35 bits per heavy atom. The van der Waals surface area contributed by atoms with Crippen LogP contribution in [0.1, 0.15) is 64.6 Å². The summed E-state index contributed by atoms with van der Waals surface area (Å²) in [6, 6.07) is 6.51. The number of benzene rings is 1. The van der Waals surface area contributed by atoms with Gasteiger partial charge in [-0.05, 0) is 48.9 Å². The van der Waals surface area contributed by atoms with E-state index in [1.54, 1.807) is 0 Å². The van der Waals surface area contributed by atoms with Gasteiger partial charge in [0.05, 0.1) is 6.04 Å². The smallest absolute Gasteiger partial charge is 0.0600 e. The van der Waals surface area contributed by atoms with Crippen LogP contribution in [0.25, 0.3) is 0 Å². The maximum Gasteiger partial charge on any atom is 0.0600 e. The summed E-state index contributed by atoms with van der Waals surface area (Å²) < 4.78 is 0. The molecule has 1 aromatic carbocycles. The fourth-order valence-corrected chi connectivity index (χ4v) is 3.36. The number of aryl methyl sites for hydroxylation is 1. The predicted molar refractivity (Wildman–Crippen MR) is 103 cm³/mol. The topological polar surface area (TPSA) is 29.3 Å². The molecule has 1 aliphatic heterocycles. The number of likely N-dealkylation sites (tertiary alicyclic amines) is 1. The lowest BCUT2D eigenvalue weighted by Gasteiger charge is -2.35. The maximum atomic E-state index is 6.01. The number of hydrogen-bond acceptors (Lipinski definition) is 2. The zero-order chi connectivity index (χ0) is 17.8. The molecule has 1 aromatic rings. The first-order valence-electron chi connectivity index (χ1n) is 8.58. The highest BCUT2D eigenvalue weighted by atomic mass is 15.2. The summed E-state index contributed by atoms with van der Waals surface area (Å²) in [7, 11) is 0. The van der Waals surface area contributed by atoms with Crippen molar-refractivity contribution in [2.24, 2.45) is 5.41 Å². The molecule has 2 heteroatoms. The van der Waals surface area contributed by atoms with Gasteiger partial charge in [-0.15, -0.1) is 0 Å². The van der Waals surface area contributed by atoms with Crippen LogP contribution in [0.5, 0.6) is 0 Å². The van der Waals surface area contributed by atoms with E-state index in [0.717, 1.165) is 24.2 Å². The van der Waals surface area contributed by atoms with E-state index in [-0.39, 0.29) is 5.41 Å². The predicted octanol–water partition coefficient (Wildman–Crippen LogP) is 5.86. The molecular formula is C21H34N2. The lowest BCUT2D eigenvalue weighted by Crippen LogP contribution is -2.30. The SMILES string of the molecule is C=C(C)CN1C(=C)CC(C)(C)C1c1cc(N)ccc1C.CCC. The van der Waals surface area contributed by atoms with Crippen molar-refractivity contribution in [2.45, 2.75) is 60.4 Å². The number of nitrogens with two attached hydrogens (primary N) is 1. The van der Waals surface area contributed by atoms with Crippen LogP contribution in [0.2, 0.25) is 0 Å². The molecule has 2 rings (SSSR count). The van der Waals surface area contributed by atoms with Gasteiger partial charge in [0.1, 0.15) is 0 Å². The van der Waals surface area contributed by atoms with Crippen molar-refractivity contribution in [2.75, 3.05) is 12.3 Å². The zero-order valence-electron chi connectivity index (χ0n) is 15.9. The quantitative estimate of drug-likeness (QED) is 0.559. The Bertz CT molecular complexity index is 569. The summed E-state index contributed by atoms with van der Waals surface area (Å²) in [4.78, 5) is 2.39. The van der Waals surface area contributed by atoms with Gasteiger partial charge < -0.3 is 10.6 Å². The zero-order valence-corrected chi connectivity index (χ0v) is 15.9. The molecule has 0 saturated carbocycles. The van der Waals surface area contributed by atoms with Crippen LogP contribution < -0.4 is 5.73 Å². The molecule has 0 amide bonds. The molecule has 0 bridgehead atoms. The molecule has 1 saturated heterocycles. The van der Waals surface area contributed by atoms with Gasteiger partial charge in [0.15, 0.2) is 0 Å². The second kappa shape index (κ2) is 7.72. The molecule has 0 spiro atoms. The van der Waals surface area contributed by atoms with Crippen molar-refractivity contribution < 1.29 is 0 Å². The molecule has 1 fully saturated rings. The standard InChI is InChI=1S/C18H26N2.C3H8/c1-12(2)11-20-14(4)10-18(5,6)17(20)16-9-15(19)8-7-13(16)3;1-3-2/h7-9,17H,1,4,10-11,19H2,2-3,5-6H3;3H2,1-2H3. The Morgan fingerprint density at radius 2 is 1.91 bits per heavy atom. The van der Waals surface area contributed by atoms with Gasteiger partial charge in [-0.1, -0.05) is 58.9 Å². The number of rotatable bonds is 3. The van der Waals surface area contributed by atoms with Crippen LogP contribution in [0.3, 0.4) is 0 Å². The fraction of sp³-hybridized carbons (Fsp3) is 0.524. The van der Waals surface area contributed by atoms with Crippen molar-refractivity contribution in [3.63, 3.8) is 0 Å². The minimum atomic E-state index is 0.158. The Hall–Kier alpha value is -1.70. The highest BCUT2D eigenvalue weighted by Gasteiger charge is 2.43. The van der Waals surface area contributed by atoms with Crippen molar-refractivity contribution in [3.05, 3.63) is 53.8 Å². The van der Waals surface area contributed by atoms with Crippen LogP contribution in [0.15, 0.2) is 42.6 Å². The molecule has 2 nitrogen and oxygen atoms in total. The monoisotopic (exact) mass is 314 g/mol. The summed E-state index contributed by atoms with van der Waals surface area (Å²) in [5.41, 5.74) is 12.0. The molecule has 1 aliphatic rings. The van der Waals surface area contributed by atoms with Crippen molar-refractivity contribution >= 4 is 5.69 Å². The van der Waals surface area contributed by atoms with E-state index in [1.807, 2.05) is 6.07 Å². The molecule has 0 radical (unpaired) electrons. The Balaban J connectivity index is 0.000000816. The molecule has 128 valence electrons. The minimum absolute atomic E-state index is 0.158. The Morgan fingerprint density at radius 3 is 2.43 bits per heavy atom. The summed E-state index contributed by atoms with van der Waals surface area (Å²) in [5.74, 6) is 0. The first kappa shape index (κ1) is 19.3. The second-order valence-corrected chi connectivity index (χ2v) is 7.54. The van der Waals surface area contributed by atoms with Gasteiger partial charge in [-0.2, -0.15) is 0 Å². The van der Waals surface area contributed by atoms with Crippen LogP contribution in [0.4, 0.5) is 5.69 Å².